The Balaban J connectivity index is 1.53. The number of H-pyrrole nitrogens is 1. The number of likely N-dealkylation sites (tertiary alicyclic amines) is 1. The number of piperidine rings is 1. The van der Waals surface area contributed by atoms with Gasteiger partial charge in [0.2, 0.25) is 0 Å². The average molecular weight is 266 g/mol. The molecule has 1 saturated carbocycles. The first-order valence-electron chi connectivity index (χ1n) is 7.38. The first-order valence-corrected chi connectivity index (χ1v) is 7.38. The summed E-state index contributed by atoms with van der Waals surface area (Å²) in [6.07, 6.45) is 4.74. The van der Waals surface area contributed by atoms with Crippen LogP contribution in [0.4, 0.5) is 0 Å². The smallest absolute Gasteiger partial charge is 0.270 e. The molecule has 1 aromatic carbocycles. The first kappa shape index (κ1) is 11.8. The van der Waals surface area contributed by atoms with Crippen molar-refractivity contribution >= 4 is 16.8 Å². The number of aromatic amines is 1. The van der Waals surface area contributed by atoms with Gasteiger partial charge in [0.1, 0.15) is 5.69 Å². The number of nitrogens with one attached hydrogen (secondary N) is 1. The van der Waals surface area contributed by atoms with E-state index < -0.39 is 0 Å². The molecular weight excluding hydrogens is 248 g/mol. The Morgan fingerprint density at radius 3 is 2.40 bits per heavy atom. The number of nitrogens with zero attached hydrogens (tertiary/aromatic N) is 1. The third-order valence-corrected chi connectivity index (χ3v) is 4.41. The molecule has 2 heterocycles. The molecular formula is C17H18N2O. The number of rotatable bonds is 1. The highest BCUT2D eigenvalue weighted by Gasteiger charge is 2.25. The Labute approximate surface area is 118 Å². The third-order valence-electron chi connectivity index (χ3n) is 4.41. The van der Waals surface area contributed by atoms with Gasteiger partial charge in [-0.05, 0) is 37.8 Å². The van der Waals surface area contributed by atoms with E-state index in [0.717, 1.165) is 36.8 Å². The molecule has 1 amide bonds. The van der Waals surface area contributed by atoms with Gasteiger partial charge in [-0.15, -0.1) is 0 Å². The summed E-state index contributed by atoms with van der Waals surface area (Å²) in [5, 5.41) is 1.11. The zero-order valence-electron chi connectivity index (χ0n) is 11.5. The minimum atomic E-state index is 0.140. The lowest BCUT2D eigenvalue weighted by Gasteiger charge is -2.28. The number of hydrogen-bond donors (Lipinski definition) is 1. The molecule has 0 bridgehead atoms. The Hall–Kier alpha value is -2.03. The van der Waals surface area contributed by atoms with E-state index in [4.69, 9.17) is 0 Å². The number of carbonyl (C=O) groups is 1. The lowest BCUT2D eigenvalue weighted by molar-refractivity contribution is 0.0738. The molecule has 102 valence electrons. The van der Waals surface area contributed by atoms with Gasteiger partial charge in [0.15, 0.2) is 0 Å². The summed E-state index contributed by atoms with van der Waals surface area (Å²) in [5.74, 6) is 0.140. The predicted octanol–water partition coefficient (Wildman–Crippen LogP) is 3.49. The van der Waals surface area contributed by atoms with Crippen LogP contribution in [0.15, 0.2) is 41.5 Å². The maximum absolute atomic E-state index is 12.5. The van der Waals surface area contributed by atoms with Crippen LogP contribution in [-0.4, -0.2) is 28.9 Å². The van der Waals surface area contributed by atoms with Crippen molar-refractivity contribution in [1.82, 2.24) is 9.88 Å². The quantitative estimate of drug-likeness (QED) is 0.788. The van der Waals surface area contributed by atoms with E-state index in [9.17, 15) is 4.79 Å². The van der Waals surface area contributed by atoms with Crippen molar-refractivity contribution in [2.24, 2.45) is 0 Å². The molecule has 2 fully saturated rings. The lowest BCUT2D eigenvalue weighted by Crippen LogP contribution is -2.36. The van der Waals surface area contributed by atoms with Crippen LogP contribution < -0.4 is 0 Å². The molecule has 3 heteroatoms. The second-order valence-electron chi connectivity index (χ2n) is 5.77. The van der Waals surface area contributed by atoms with Gasteiger partial charge >= 0.3 is 0 Å². The minimum absolute atomic E-state index is 0.140. The fraction of sp³-hybridized carbons (Fsp3) is 0.353. The number of fused-ring (bicyclic) bond motifs is 1. The molecule has 1 aromatic heterocycles. The molecule has 20 heavy (non-hydrogen) atoms. The summed E-state index contributed by atoms with van der Waals surface area (Å²) in [5.41, 5.74) is 5.02. The normalized spacial score (nSPS) is 18.7. The molecule has 1 saturated heterocycles. The van der Waals surface area contributed by atoms with E-state index in [1.54, 1.807) is 11.1 Å². The molecule has 1 N–H and O–H groups in total. The van der Waals surface area contributed by atoms with E-state index in [0.29, 0.717) is 5.69 Å². The van der Waals surface area contributed by atoms with Crippen LogP contribution in [0.5, 0.6) is 0 Å². The second-order valence-corrected chi connectivity index (χ2v) is 5.77. The molecule has 0 radical (unpaired) electrons. The summed E-state index contributed by atoms with van der Waals surface area (Å²) in [4.78, 5) is 17.8. The van der Waals surface area contributed by atoms with Crippen molar-refractivity contribution in [3.8, 4) is 0 Å². The van der Waals surface area contributed by atoms with Crippen molar-refractivity contribution in [2.45, 2.75) is 25.7 Å². The highest BCUT2D eigenvalue weighted by atomic mass is 16.2. The molecule has 2 aromatic rings. The van der Waals surface area contributed by atoms with Gasteiger partial charge in [0.05, 0.1) is 0 Å². The largest absolute Gasteiger partial charge is 0.351 e. The topological polar surface area (TPSA) is 36.1 Å². The minimum Gasteiger partial charge on any atom is -0.351 e. The van der Waals surface area contributed by atoms with Crippen LogP contribution in [-0.2, 0) is 0 Å². The Kier molecular flexibility index (Phi) is 2.66. The van der Waals surface area contributed by atoms with Gasteiger partial charge in [0, 0.05) is 24.0 Å². The Morgan fingerprint density at radius 1 is 1.00 bits per heavy atom. The molecule has 0 atom stereocenters. The van der Waals surface area contributed by atoms with Crippen LogP contribution in [0.2, 0.25) is 0 Å². The monoisotopic (exact) mass is 266 g/mol. The average Bonchev–Trinajstić information content (AvgIpc) is 3.25. The summed E-state index contributed by atoms with van der Waals surface area (Å²) >= 11 is 0. The second kappa shape index (κ2) is 4.51. The third kappa shape index (κ3) is 2.03. The molecule has 0 spiro atoms. The predicted molar refractivity (Wildman–Crippen MR) is 79.7 cm³/mol. The summed E-state index contributed by atoms with van der Waals surface area (Å²) < 4.78 is 0. The van der Waals surface area contributed by atoms with Crippen LogP contribution in [0.25, 0.3) is 10.9 Å². The van der Waals surface area contributed by atoms with Gasteiger partial charge < -0.3 is 9.88 Å². The molecule has 3 nitrogen and oxygen atoms in total. The van der Waals surface area contributed by atoms with Crippen molar-refractivity contribution < 1.29 is 4.79 Å². The van der Waals surface area contributed by atoms with Crippen LogP contribution in [0.3, 0.4) is 0 Å². The maximum atomic E-state index is 12.5. The fourth-order valence-electron chi connectivity index (χ4n) is 3.11. The van der Waals surface area contributed by atoms with E-state index in [-0.39, 0.29) is 5.91 Å². The number of hydrogen-bond acceptors (Lipinski definition) is 1. The van der Waals surface area contributed by atoms with Crippen LogP contribution in [0.1, 0.15) is 36.2 Å². The van der Waals surface area contributed by atoms with Crippen molar-refractivity contribution in [2.75, 3.05) is 13.1 Å². The lowest BCUT2D eigenvalue weighted by atomic mass is 10.0. The van der Waals surface area contributed by atoms with E-state index in [2.05, 4.69) is 4.98 Å². The van der Waals surface area contributed by atoms with E-state index >= 15 is 0 Å². The number of aromatic nitrogens is 1. The number of allylic oxidation sites excluding steroid dienone is 1. The van der Waals surface area contributed by atoms with Crippen molar-refractivity contribution in [3.63, 3.8) is 0 Å². The van der Waals surface area contributed by atoms with Crippen LogP contribution in [0, 0.1) is 0 Å². The van der Waals surface area contributed by atoms with E-state index in [1.165, 1.54) is 12.8 Å². The number of carbonyl (C=O) groups excluding carboxylic acids is 1. The van der Waals surface area contributed by atoms with Gasteiger partial charge in [-0.25, -0.2) is 0 Å². The number of amides is 1. The van der Waals surface area contributed by atoms with Gasteiger partial charge in [-0.3, -0.25) is 4.79 Å². The SMILES string of the molecule is O=C(c1cc2ccccc2[nH]1)N1CCC(=C2CC2)CC1. The molecule has 0 unspecified atom stereocenters. The van der Waals surface area contributed by atoms with Gasteiger partial charge in [-0.1, -0.05) is 29.3 Å². The molecule has 2 aliphatic rings. The molecule has 1 aliphatic heterocycles. The highest BCUT2D eigenvalue weighted by Crippen LogP contribution is 2.36. The van der Waals surface area contributed by atoms with Crippen LogP contribution >= 0.6 is 0 Å². The standard InChI is InChI=1S/C17H18N2O/c20-17(16-11-14-3-1-2-4-15(14)18-16)19-9-7-13(8-10-19)12-5-6-12/h1-4,11,18H,5-10H2. The summed E-state index contributed by atoms with van der Waals surface area (Å²) in [6.45, 7) is 1.74. The zero-order valence-corrected chi connectivity index (χ0v) is 11.5. The Bertz CT molecular complexity index is 662. The van der Waals surface area contributed by atoms with Gasteiger partial charge in [0.25, 0.3) is 5.91 Å². The fourth-order valence-corrected chi connectivity index (χ4v) is 3.11. The zero-order chi connectivity index (χ0) is 13.5. The summed E-state index contributed by atoms with van der Waals surface area (Å²) in [7, 11) is 0. The number of para-hydroxylation sites is 1. The Morgan fingerprint density at radius 2 is 1.70 bits per heavy atom. The molecule has 1 aliphatic carbocycles. The van der Waals surface area contributed by atoms with Crippen molar-refractivity contribution in [3.05, 3.63) is 47.2 Å². The first-order chi connectivity index (χ1) is 9.81. The summed E-state index contributed by atoms with van der Waals surface area (Å²) in [6, 6.07) is 10.0. The maximum Gasteiger partial charge on any atom is 0.270 e. The van der Waals surface area contributed by atoms with E-state index in [1.807, 2.05) is 35.2 Å². The number of benzene rings is 1. The van der Waals surface area contributed by atoms with Crippen molar-refractivity contribution in [1.29, 1.82) is 0 Å². The molecule has 4 rings (SSSR count). The highest BCUT2D eigenvalue weighted by molar-refractivity contribution is 5.98. The van der Waals surface area contributed by atoms with Gasteiger partial charge in [-0.2, -0.15) is 0 Å².